The van der Waals surface area contributed by atoms with Crippen LogP contribution in [0.3, 0.4) is 0 Å². The molecule has 1 rings (SSSR count). The molecule has 28 heavy (non-hydrogen) atoms. The smallest absolute Gasteiger partial charge is 0.220 e. The van der Waals surface area contributed by atoms with Crippen molar-refractivity contribution in [2.45, 2.75) is 98.8 Å². The molecule has 0 fully saturated rings. The Bertz CT molecular complexity index is 580. The van der Waals surface area contributed by atoms with Crippen molar-refractivity contribution in [2.75, 3.05) is 6.54 Å². The van der Waals surface area contributed by atoms with Gasteiger partial charge in [0.1, 0.15) is 5.75 Å². The molecule has 160 valence electrons. The SMILES string of the molecule is CCC(C)c1cc(CCC(=O)NCC(CC)C(C)CC)cc(C(C)CC)c1O. The van der Waals surface area contributed by atoms with Crippen molar-refractivity contribution >= 4 is 5.91 Å². The third-order valence-electron chi connectivity index (χ3n) is 6.69. The van der Waals surface area contributed by atoms with Gasteiger partial charge in [-0.15, -0.1) is 0 Å². The summed E-state index contributed by atoms with van der Waals surface area (Å²) in [7, 11) is 0. The molecule has 3 heteroatoms. The fraction of sp³-hybridized carbons (Fsp3) is 0.720. The summed E-state index contributed by atoms with van der Waals surface area (Å²) < 4.78 is 0. The van der Waals surface area contributed by atoms with E-state index in [4.69, 9.17) is 0 Å². The average molecular weight is 390 g/mol. The minimum atomic E-state index is 0.130. The van der Waals surface area contributed by atoms with Crippen LogP contribution < -0.4 is 5.32 Å². The molecule has 1 amide bonds. The molecule has 3 nitrogen and oxygen atoms in total. The topological polar surface area (TPSA) is 49.3 Å². The Morgan fingerprint density at radius 1 is 0.929 bits per heavy atom. The summed E-state index contributed by atoms with van der Waals surface area (Å²) in [6.45, 7) is 16.1. The molecule has 0 radical (unpaired) electrons. The Balaban J connectivity index is 2.83. The van der Waals surface area contributed by atoms with Crippen LogP contribution in [0.1, 0.15) is 109 Å². The van der Waals surface area contributed by atoms with Crippen molar-refractivity contribution in [3.05, 3.63) is 28.8 Å². The van der Waals surface area contributed by atoms with Crippen molar-refractivity contribution in [1.29, 1.82) is 0 Å². The lowest BCUT2D eigenvalue weighted by Crippen LogP contribution is -2.31. The number of nitrogens with one attached hydrogen (secondary N) is 1. The van der Waals surface area contributed by atoms with Crippen molar-refractivity contribution in [3.63, 3.8) is 0 Å². The van der Waals surface area contributed by atoms with E-state index < -0.39 is 0 Å². The fourth-order valence-corrected chi connectivity index (χ4v) is 3.75. The highest BCUT2D eigenvalue weighted by molar-refractivity contribution is 5.76. The number of benzene rings is 1. The van der Waals surface area contributed by atoms with E-state index in [9.17, 15) is 9.90 Å². The van der Waals surface area contributed by atoms with Crippen LogP contribution in [0, 0.1) is 11.8 Å². The summed E-state index contributed by atoms with van der Waals surface area (Å²) in [5.41, 5.74) is 3.21. The number of carbonyl (C=O) groups excluding carboxylic acids is 1. The third-order valence-corrected chi connectivity index (χ3v) is 6.69. The number of phenols is 1. The molecule has 0 aromatic heterocycles. The van der Waals surface area contributed by atoms with E-state index in [-0.39, 0.29) is 5.91 Å². The van der Waals surface area contributed by atoms with Crippen LogP contribution in [0.25, 0.3) is 0 Å². The molecule has 2 N–H and O–H groups in total. The first-order chi connectivity index (χ1) is 13.3. The standard InChI is InChI=1S/C25H43NO2/c1-8-17(5)21(11-4)16-26-24(27)13-12-20-14-22(18(6)9-2)25(28)23(15-20)19(7)10-3/h14-15,17-19,21,28H,8-13,16H2,1-7H3,(H,26,27). The van der Waals surface area contributed by atoms with E-state index in [1.807, 2.05) is 0 Å². The second kappa shape index (κ2) is 12.1. The molecule has 0 saturated heterocycles. The van der Waals surface area contributed by atoms with Gasteiger partial charge in [-0.25, -0.2) is 0 Å². The molecule has 1 aromatic carbocycles. The molecular weight excluding hydrogens is 346 g/mol. The predicted octanol–water partition coefficient (Wildman–Crippen LogP) is 6.54. The Kier molecular flexibility index (Phi) is 10.6. The summed E-state index contributed by atoms with van der Waals surface area (Å²) in [4.78, 5) is 12.4. The van der Waals surface area contributed by atoms with E-state index >= 15 is 0 Å². The predicted molar refractivity (Wildman–Crippen MR) is 120 cm³/mol. The molecule has 1 aromatic rings. The first-order valence-electron chi connectivity index (χ1n) is 11.4. The number of aromatic hydroxyl groups is 1. The van der Waals surface area contributed by atoms with Crippen LogP contribution in [0.2, 0.25) is 0 Å². The van der Waals surface area contributed by atoms with Gasteiger partial charge in [-0.05, 0) is 59.6 Å². The van der Waals surface area contributed by atoms with Gasteiger partial charge in [0.05, 0.1) is 0 Å². The Morgan fingerprint density at radius 2 is 1.46 bits per heavy atom. The maximum atomic E-state index is 12.4. The van der Waals surface area contributed by atoms with Gasteiger partial charge < -0.3 is 10.4 Å². The highest BCUT2D eigenvalue weighted by Crippen LogP contribution is 2.37. The number of phenolic OH excluding ortho intramolecular Hbond substituents is 1. The quantitative estimate of drug-likeness (QED) is 0.426. The van der Waals surface area contributed by atoms with Crippen LogP contribution >= 0.6 is 0 Å². The summed E-state index contributed by atoms with van der Waals surface area (Å²) >= 11 is 0. The minimum absolute atomic E-state index is 0.130. The van der Waals surface area contributed by atoms with Gasteiger partial charge in [0.2, 0.25) is 5.91 Å². The zero-order valence-corrected chi connectivity index (χ0v) is 19.3. The number of hydrogen-bond acceptors (Lipinski definition) is 2. The van der Waals surface area contributed by atoms with Gasteiger partial charge in [0.15, 0.2) is 0 Å². The Hall–Kier alpha value is -1.51. The normalized spacial score (nSPS) is 15.7. The largest absolute Gasteiger partial charge is 0.507 e. The van der Waals surface area contributed by atoms with E-state index in [0.29, 0.717) is 35.8 Å². The lowest BCUT2D eigenvalue weighted by molar-refractivity contribution is -0.121. The maximum Gasteiger partial charge on any atom is 0.220 e. The first kappa shape index (κ1) is 24.5. The zero-order chi connectivity index (χ0) is 21.3. The van der Waals surface area contributed by atoms with Crippen molar-refractivity contribution < 1.29 is 9.90 Å². The van der Waals surface area contributed by atoms with Crippen molar-refractivity contribution in [1.82, 2.24) is 5.32 Å². The van der Waals surface area contributed by atoms with Gasteiger partial charge in [-0.2, -0.15) is 0 Å². The lowest BCUT2D eigenvalue weighted by atomic mass is 9.87. The van der Waals surface area contributed by atoms with E-state index in [0.717, 1.165) is 55.3 Å². The summed E-state index contributed by atoms with van der Waals surface area (Å²) in [5.74, 6) is 2.41. The van der Waals surface area contributed by atoms with Crippen LogP contribution in [0.5, 0.6) is 5.75 Å². The lowest BCUT2D eigenvalue weighted by Gasteiger charge is -2.22. The molecular formula is C25H43NO2. The summed E-state index contributed by atoms with van der Waals surface area (Å²) in [6.07, 6.45) is 5.46. The second-order valence-electron chi connectivity index (χ2n) is 8.60. The molecule has 0 bridgehead atoms. The number of amides is 1. The van der Waals surface area contributed by atoms with Gasteiger partial charge in [-0.3, -0.25) is 4.79 Å². The van der Waals surface area contributed by atoms with E-state index in [1.54, 1.807) is 0 Å². The van der Waals surface area contributed by atoms with Crippen LogP contribution in [-0.4, -0.2) is 17.6 Å². The van der Waals surface area contributed by atoms with Crippen LogP contribution in [0.15, 0.2) is 12.1 Å². The van der Waals surface area contributed by atoms with Gasteiger partial charge in [0, 0.05) is 13.0 Å². The van der Waals surface area contributed by atoms with Crippen LogP contribution in [-0.2, 0) is 11.2 Å². The van der Waals surface area contributed by atoms with Gasteiger partial charge in [-0.1, -0.05) is 73.4 Å². The minimum Gasteiger partial charge on any atom is -0.507 e. The molecule has 0 aliphatic rings. The molecule has 4 atom stereocenters. The number of rotatable bonds is 12. The Morgan fingerprint density at radius 3 is 1.89 bits per heavy atom. The average Bonchev–Trinajstić information content (AvgIpc) is 2.71. The number of hydrogen-bond donors (Lipinski definition) is 2. The molecule has 4 unspecified atom stereocenters. The molecule has 0 heterocycles. The van der Waals surface area contributed by atoms with Gasteiger partial charge in [0.25, 0.3) is 0 Å². The van der Waals surface area contributed by atoms with Gasteiger partial charge >= 0.3 is 0 Å². The highest BCUT2D eigenvalue weighted by atomic mass is 16.3. The summed E-state index contributed by atoms with van der Waals surface area (Å²) in [5, 5.41) is 13.9. The molecule has 0 spiro atoms. The maximum absolute atomic E-state index is 12.4. The van der Waals surface area contributed by atoms with Crippen molar-refractivity contribution in [3.8, 4) is 5.75 Å². The Labute approximate surface area is 173 Å². The zero-order valence-electron chi connectivity index (χ0n) is 19.3. The van der Waals surface area contributed by atoms with E-state index in [2.05, 4.69) is 65.9 Å². The monoisotopic (exact) mass is 389 g/mol. The fourth-order valence-electron chi connectivity index (χ4n) is 3.75. The number of carbonyl (C=O) groups is 1. The van der Waals surface area contributed by atoms with Crippen molar-refractivity contribution in [2.24, 2.45) is 11.8 Å². The molecule has 0 saturated carbocycles. The molecule has 0 aliphatic heterocycles. The van der Waals surface area contributed by atoms with E-state index in [1.165, 1.54) is 0 Å². The van der Waals surface area contributed by atoms with Crippen LogP contribution in [0.4, 0.5) is 0 Å². The highest BCUT2D eigenvalue weighted by Gasteiger charge is 2.18. The first-order valence-corrected chi connectivity index (χ1v) is 11.4. The third kappa shape index (κ3) is 6.83. The summed E-state index contributed by atoms with van der Waals surface area (Å²) in [6, 6.07) is 4.22. The second-order valence-corrected chi connectivity index (χ2v) is 8.60. The molecule has 0 aliphatic carbocycles. The number of aryl methyl sites for hydroxylation is 1.